The van der Waals surface area contributed by atoms with Gasteiger partial charge in [-0.2, -0.15) is 0 Å². The predicted molar refractivity (Wildman–Crippen MR) is 172 cm³/mol. The Morgan fingerprint density at radius 2 is 0.762 bits per heavy atom. The molecule has 4 rings (SSSR count). The Morgan fingerprint density at radius 1 is 0.476 bits per heavy atom. The van der Waals surface area contributed by atoms with E-state index in [0.29, 0.717) is 37.1 Å². The zero-order chi connectivity index (χ0) is 30.1. The fourth-order valence-corrected chi connectivity index (χ4v) is 13.4. The molecule has 1 aliphatic rings. The fraction of sp³-hybridized carbons (Fsp3) is 0.400. The molecule has 1 aliphatic heterocycles. The monoisotopic (exact) mass is 633 g/mol. The lowest BCUT2D eigenvalue weighted by molar-refractivity contribution is 0.282. The molecule has 3 aromatic rings. The van der Waals surface area contributed by atoms with Gasteiger partial charge in [-0.3, -0.25) is 13.6 Å². The average Bonchev–Trinajstić information content (AvgIpc) is 2.94. The lowest BCUT2D eigenvalue weighted by atomic mass is 10.2. The smallest absolute Gasteiger partial charge is 0.404 e. The first-order valence-corrected chi connectivity index (χ1v) is 19.0. The number of hydrogen-bond donors (Lipinski definition) is 0. The summed E-state index contributed by atoms with van der Waals surface area (Å²) in [6.07, 6.45) is 2.17. The highest BCUT2D eigenvalue weighted by Crippen LogP contribution is 2.79. The van der Waals surface area contributed by atoms with E-state index in [1.165, 1.54) is 0 Å². The maximum atomic E-state index is 6.65. The first-order valence-electron chi connectivity index (χ1n) is 14.4. The molecule has 12 heteroatoms. The van der Waals surface area contributed by atoms with Crippen LogP contribution < -0.4 is 13.6 Å². The van der Waals surface area contributed by atoms with E-state index in [9.17, 15) is 0 Å². The summed E-state index contributed by atoms with van der Waals surface area (Å²) >= 11 is 0. The summed E-state index contributed by atoms with van der Waals surface area (Å²) in [6.45, 7) is 13.1. The van der Waals surface area contributed by atoms with Crippen LogP contribution in [0.5, 0.6) is 17.2 Å². The van der Waals surface area contributed by atoms with Crippen LogP contribution in [0.4, 0.5) is 0 Å². The number of aryl methyl sites for hydroxylation is 3. The zero-order valence-corrected chi connectivity index (χ0v) is 28.0. The van der Waals surface area contributed by atoms with Crippen molar-refractivity contribution in [1.82, 2.24) is 0 Å². The van der Waals surface area contributed by atoms with E-state index in [4.69, 9.17) is 40.7 Å². The third-order valence-corrected chi connectivity index (χ3v) is 14.0. The van der Waals surface area contributed by atoms with E-state index in [2.05, 4.69) is 0 Å². The van der Waals surface area contributed by atoms with Crippen LogP contribution in [0.3, 0.4) is 0 Å². The molecule has 0 radical (unpaired) electrons. The van der Waals surface area contributed by atoms with Gasteiger partial charge in [0.15, 0.2) is 0 Å². The Hall–Kier alpha value is -2.37. The van der Waals surface area contributed by atoms with Gasteiger partial charge in [0.25, 0.3) is 0 Å². The molecule has 42 heavy (non-hydrogen) atoms. The third-order valence-electron chi connectivity index (χ3n) is 5.71. The summed E-state index contributed by atoms with van der Waals surface area (Å²) in [5.74, 6) is 1.71. The Kier molecular flexibility index (Phi) is 11.5. The Morgan fingerprint density at radius 3 is 1.00 bits per heavy atom. The normalized spacial score (nSPS) is 23.3. The highest BCUT2D eigenvalue weighted by atomic mass is 31.3. The Bertz CT molecular complexity index is 1330. The van der Waals surface area contributed by atoms with Gasteiger partial charge in [0, 0.05) is 0 Å². The van der Waals surface area contributed by atoms with Crippen molar-refractivity contribution in [3.8, 4) is 17.2 Å². The van der Waals surface area contributed by atoms with Gasteiger partial charge in [-0.05, 0) is 93.1 Å². The molecule has 0 atom stereocenters. The van der Waals surface area contributed by atoms with Crippen molar-refractivity contribution in [2.24, 2.45) is 13.5 Å². The second-order valence-electron chi connectivity index (χ2n) is 9.96. The van der Waals surface area contributed by atoms with Crippen LogP contribution in [0.15, 0.2) is 86.3 Å². The SMILES string of the molecule is CCCOP1(Oc2cccc(C)c2)=NP(OCCC)(Oc2cccc(C)c2)=NP(OCCC)(Oc2cccc(C)c2)=N1. The van der Waals surface area contributed by atoms with Gasteiger partial charge in [0.1, 0.15) is 17.2 Å². The van der Waals surface area contributed by atoms with E-state index >= 15 is 0 Å². The van der Waals surface area contributed by atoms with Crippen molar-refractivity contribution in [2.75, 3.05) is 19.8 Å². The first-order chi connectivity index (χ1) is 20.2. The number of hydrogen-bond acceptors (Lipinski definition) is 9. The highest BCUT2D eigenvalue weighted by Gasteiger charge is 2.45. The summed E-state index contributed by atoms with van der Waals surface area (Å²) in [5, 5.41) is 0. The molecule has 0 unspecified atom stereocenters. The van der Waals surface area contributed by atoms with Crippen molar-refractivity contribution < 1.29 is 27.1 Å². The van der Waals surface area contributed by atoms with Crippen molar-refractivity contribution in [2.45, 2.75) is 60.8 Å². The largest absolute Gasteiger partial charge is 0.422 e. The maximum Gasteiger partial charge on any atom is 0.404 e. The van der Waals surface area contributed by atoms with Gasteiger partial charge in [-0.25, -0.2) is 0 Å². The zero-order valence-electron chi connectivity index (χ0n) is 25.3. The van der Waals surface area contributed by atoms with Crippen molar-refractivity contribution in [3.05, 3.63) is 89.5 Å². The summed E-state index contributed by atoms with van der Waals surface area (Å²) in [4.78, 5) is 0. The third kappa shape index (κ3) is 8.83. The van der Waals surface area contributed by atoms with Crippen LogP contribution in [0.2, 0.25) is 0 Å². The van der Waals surface area contributed by atoms with Gasteiger partial charge in [0.05, 0.1) is 19.8 Å². The van der Waals surface area contributed by atoms with Gasteiger partial charge in [0.2, 0.25) is 0 Å². The minimum absolute atomic E-state index is 0.350. The first kappa shape index (κ1) is 32.5. The standard InChI is InChI=1S/C30H42N3O6P3/c1-7-19-34-40(37-28-16-10-13-25(4)22-28)31-41(35-20-8-2,38-29-17-11-14-26(5)23-29)33-42(32-40,36-21-9-3)39-30-18-12-15-27(6)24-30/h10-18,22-24H,7-9,19-21H2,1-6H3. The molecule has 0 bridgehead atoms. The lowest BCUT2D eigenvalue weighted by Gasteiger charge is -2.33. The molecule has 0 saturated heterocycles. The molecular formula is C30H42N3O6P3. The van der Waals surface area contributed by atoms with Crippen LogP contribution >= 0.6 is 23.0 Å². The van der Waals surface area contributed by atoms with Gasteiger partial charge < -0.3 is 13.6 Å². The Labute approximate surface area is 250 Å². The van der Waals surface area contributed by atoms with Crippen LogP contribution in [0, 0.1) is 20.8 Å². The van der Waals surface area contributed by atoms with E-state index < -0.39 is 23.0 Å². The molecule has 9 nitrogen and oxygen atoms in total. The van der Waals surface area contributed by atoms with Crippen LogP contribution in [-0.4, -0.2) is 19.8 Å². The summed E-state index contributed by atoms with van der Waals surface area (Å²) in [7, 11) is -10.5. The molecule has 228 valence electrons. The fourth-order valence-electron chi connectivity index (χ4n) is 3.88. The second-order valence-corrected chi connectivity index (χ2v) is 16.4. The van der Waals surface area contributed by atoms with Gasteiger partial charge in [-0.15, -0.1) is 13.5 Å². The molecule has 0 spiro atoms. The van der Waals surface area contributed by atoms with Crippen molar-refractivity contribution >= 4 is 23.0 Å². The van der Waals surface area contributed by atoms with E-state index in [-0.39, 0.29) is 0 Å². The van der Waals surface area contributed by atoms with Crippen LogP contribution in [0.1, 0.15) is 56.7 Å². The lowest BCUT2D eigenvalue weighted by Crippen LogP contribution is -2.09. The molecule has 0 N–H and O–H groups in total. The predicted octanol–water partition coefficient (Wildman–Crippen LogP) is 11.3. The van der Waals surface area contributed by atoms with E-state index in [0.717, 1.165) is 36.0 Å². The summed E-state index contributed by atoms with van der Waals surface area (Å²) in [6, 6.07) is 23.2. The Balaban J connectivity index is 2.03. The van der Waals surface area contributed by atoms with Crippen molar-refractivity contribution in [3.63, 3.8) is 0 Å². The van der Waals surface area contributed by atoms with Crippen LogP contribution in [-0.2, 0) is 13.6 Å². The molecular weight excluding hydrogens is 591 g/mol. The van der Waals surface area contributed by atoms with Crippen LogP contribution in [0.25, 0.3) is 0 Å². The van der Waals surface area contributed by atoms with E-state index in [1.807, 2.05) is 114 Å². The number of rotatable bonds is 15. The number of benzene rings is 3. The minimum atomic E-state index is -3.51. The quantitative estimate of drug-likeness (QED) is 0.155. The molecule has 0 amide bonds. The molecule has 3 aromatic carbocycles. The highest BCUT2D eigenvalue weighted by molar-refractivity contribution is 7.78. The maximum absolute atomic E-state index is 6.65. The minimum Gasteiger partial charge on any atom is -0.422 e. The summed E-state index contributed by atoms with van der Waals surface area (Å²) in [5.41, 5.74) is 3.09. The molecule has 0 aromatic heterocycles. The molecule has 0 fully saturated rings. The molecule has 0 saturated carbocycles. The van der Waals surface area contributed by atoms with Gasteiger partial charge in [-0.1, -0.05) is 57.2 Å². The molecule has 1 heterocycles. The summed E-state index contributed by atoms with van der Waals surface area (Å²) < 4.78 is 54.7. The second kappa shape index (κ2) is 14.9. The van der Waals surface area contributed by atoms with E-state index in [1.54, 1.807) is 0 Å². The van der Waals surface area contributed by atoms with Crippen molar-refractivity contribution in [1.29, 1.82) is 0 Å². The van der Waals surface area contributed by atoms with Gasteiger partial charge >= 0.3 is 23.0 Å². The molecule has 0 aliphatic carbocycles. The average molecular weight is 634 g/mol. The topological polar surface area (TPSA) is 92.5 Å². The number of nitrogens with zero attached hydrogens (tertiary/aromatic N) is 3.